The number of carbonyl (C=O) groups is 1. The number of para-hydroxylation sites is 1. The molecule has 1 aromatic heterocycles. The van der Waals surface area contributed by atoms with Gasteiger partial charge < -0.3 is 10.2 Å². The van der Waals surface area contributed by atoms with E-state index in [2.05, 4.69) is 22.8 Å². The maximum atomic E-state index is 12.5. The molecule has 0 saturated carbocycles. The molecular weight excluding hydrogens is 280 g/mol. The fourth-order valence-electron chi connectivity index (χ4n) is 3.14. The lowest BCUT2D eigenvalue weighted by molar-refractivity contribution is -0.931. The zero-order chi connectivity index (χ0) is 14.7. The summed E-state index contributed by atoms with van der Waals surface area (Å²) < 4.78 is 0. The van der Waals surface area contributed by atoms with E-state index in [4.69, 9.17) is 0 Å². The monoisotopic (exact) mass is 301 g/mol. The first-order valence-corrected chi connectivity index (χ1v) is 8.38. The Bertz CT molecular complexity index is 582. The van der Waals surface area contributed by atoms with Crippen molar-refractivity contribution in [3.63, 3.8) is 0 Å². The summed E-state index contributed by atoms with van der Waals surface area (Å²) in [5, 5.41) is 5.15. The minimum absolute atomic E-state index is 0.0280. The van der Waals surface area contributed by atoms with Crippen molar-refractivity contribution in [2.75, 3.05) is 11.9 Å². The van der Waals surface area contributed by atoms with Crippen LogP contribution in [0.3, 0.4) is 0 Å². The topological polar surface area (TPSA) is 33.5 Å². The van der Waals surface area contributed by atoms with E-state index < -0.39 is 0 Å². The molecule has 0 spiro atoms. The third-order valence-electron chi connectivity index (χ3n) is 4.28. The Hall–Kier alpha value is -1.65. The highest BCUT2D eigenvalue weighted by atomic mass is 32.1. The number of amides is 1. The van der Waals surface area contributed by atoms with E-state index >= 15 is 0 Å². The van der Waals surface area contributed by atoms with Crippen LogP contribution in [-0.4, -0.2) is 18.5 Å². The van der Waals surface area contributed by atoms with Crippen molar-refractivity contribution >= 4 is 22.9 Å². The standard InChI is InChI=1S/C17H20N2OS/c1-13(17(20)18-14-7-3-2-4-8-14)19-11-5-9-15(19)16-10-6-12-21-16/h2-4,6-8,10,12-13,15H,5,9,11H2,1H3,(H,18,20)/p+1/t13-,15+/m0/s1. The maximum absolute atomic E-state index is 12.5. The van der Waals surface area contributed by atoms with E-state index in [0.29, 0.717) is 6.04 Å². The predicted molar refractivity (Wildman–Crippen MR) is 86.7 cm³/mol. The number of likely N-dealkylation sites (tertiary alicyclic amines) is 1. The van der Waals surface area contributed by atoms with Gasteiger partial charge in [-0.15, -0.1) is 11.3 Å². The molecular formula is C17H21N2OS+. The number of hydrogen-bond acceptors (Lipinski definition) is 2. The van der Waals surface area contributed by atoms with Crippen LogP contribution >= 0.6 is 11.3 Å². The number of carbonyl (C=O) groups excluding carboxylic acids is 1. The average molecular weight is 301 g/mol. The van der Waals surface area contributed by atoms with E-state index in [0.717, 1.165) is 12.2 Å². The maximum Gasteiger partial charge on any atom is 0.282 e. The third-order valence-corrected chi connectivity index (χ3v) is 5.27. The van der Waals surface area contributed by atoms with Crippen LogP contribution < -0.4 is 10.2 Å². The minimum atomic E-state index is -0.0280. The molecule has 2 aromatic rings. The van der Waals surface area contributed by atoms with Crippen LogP contribution in [0.4, 0.5) is 5.69 Å². The Kier molecular flexibility index (Phi) is 4.36. The number of quaternary nitrogens is 1. The molecule has 110 valence electrons. The SMILES string of the molecule is C[C@@H](C(=O)Nc1ccccc1)[NH+]1CCC[C@@H]1c1cccs1. The van der Waals surface area contributed by atoms with Gasteiger partial charge in [0.15, 0.2) is 6.04 Å². The Morgan fingerprint density at radius 1 is 1.29 bits per heavy atom. The molecule has 1 aliphatic heterocycles. The molecule has 1 fully saturated rings. The van der Waals surface area contributed by atoms with Gasteiger partial charge in [-0.05, 0) is 30.5 Å². The van der Waals surface area contributed by atoms with Crippen LogP contribution in [0.15, 0.2) is 47.8 Å². The highest BCUT2D eigenvalue weighted by Gasteiger charge is 2.37. The normalized spacial score (nSPS) is 22.9. The first-order chi connectivity index (χ1) is 10.3. The van der Waals surface area contributed by atoms with Gasteiger partial charge in [-0.25, -0.2) is 0 Å². The van der Waals surface area contributed by atoms with Crippen molar-refractivity contribution < 1.29 is 9.69 Å². The van der Waals surface area contributed by atoms with Crippen molar-refractivity contribution in [1.29, 1.82) is 0 Å². The lowest BCUT2D eigenvalue weighted by atomic mass is 10.1. The first-order valence-electron chi connectivity index (χ1n) is 7.50. The van der Waals surface area contributed by atoms with Crippen LogP contribution in [-0.2, 0) is 4.79 Å². The van der Waals surface area contributed by atoms with Crippen LogP contribution in [0.2, 0.25) is 0 Å². The van der Waals surface area contributed by atoms with Crippen molar-refractivity contribution in [3.05, 3.63) is 52.7 Å². The predicted octanol–water partition coefficient (Wildman–Crippen LogP) is 2.50. The Morgan fingerprint density at radius 2 is 2.10 bits per heavy atom. The summed E-state index contributed by atoms with van der Waals surface area (Å²) in [6, 6.07) is 14.4. The Morgan fingerprint density at radius 3 is 2.81 bits per heavy atom. The molecule has 0 radical (unpaired) electrons. The summed E-state index contributed by atoms with van der Waals surface area (Å²) in [5.74, 6) is 0.111. The van der Waals surface area contributed by atoms with Crippen LogP contribution in [0.25, 0.3) is 0 Å². The average Bonchev–Trinajstić information content (AvgIpc) is 3.18. The zero-order valence-electron chi connectivity index (χ0n) is 12.2. The molecule has 0 aliphatic carbocycles. The molecule has 3 nitrogen and oxygen atoms in total. The Labute approximate surface area is 129 Å². The number of anilines is 1. The summed E-state index contributed by atoms with van der Waals surface area (Å²) in [7, 11) is 0. The molecule has 2 heterocycles. The van der Waals surface area contributed by atoms with E-state index in [1.54, 1.807) is 11.3 Å². The molecule has 0 bridgehead atoms. The molecule has 4 heteroatoms. The number of benzene rings is 1. The van der Waals surface area contributed by atoms with Gasteiger partial charge in [-0.2, -0.15) is 0 Å². The van der Waals surface area contributed by atoms with Gasteiger partial charge in [0.25, 0.3) is 5.91 Å². The van der Waals surface area contributed by atoms with Gasteiger partial charge in [-0.3, -0.25) is 4.79 Å². The van der Waals surface area contributed by atoms with Gasteiger partial charge in [0.2, 0.25) is 0 Å². The zero-order valence-corrected chi connectivity index (χ0v) is 13.0. The largest absolute Gasteiger partial charge is 0.321 e. The lowest BCUT2D eigenvalue weighted by Crippen LogP contribution is -3.15. The van der Waals surface area contributed by atoms with Crippen LogP contribution in [0.1, 0.15) is 30.7 Å². The summed E-state index contributed by atoms with van der Waals surface area (Å²) >= 11 is 1.80. The van der Waals surface area contributed by atoms with E-state index in [-0.39, 0.29) is 11.9 Å². The smallest absolute Gasteiger partial charge is 0.282 e. The molecule has 1 amide bonds. The van der Waals surface area contributed by atoms with Crippen LogP contribution in [0, 0.1) is 0 Å². The third kappa shape index (κ3) is 3.17. The van der Waals surface area contributed by atoms with Gasteiger partial charge in [0.1, 0.15) is 6.04 Å². The van der Waals surface area contributed by atoms with Crippen molar-refractivity contribution in [1.82, 2.24) is 0 Å². The van der Waals surface area contributed by atoms with Gasteiger partial charge in [0, 0.05) is 18.5 Å². The van der Waals surface area contributed by atoms with E-state index in [1.807, 2.05) is 37.3 Å². The minimum Gasteiger partial charge on any atom is -0.321 e. The molecule has 1 aliphatic rings. The number of rotatable bonds is 4. The summed E-state index contributed by atoms with van der Waals surface area (Å²) in [6.07, 6.45) is 2.37. The summed E-state index contributed by atoms with van der Waals surface area (Å²) in [6.45, 7) is 3.12. The molecule has 1 aromatic carbocycles. The van der Waals surface area contributed by atoms with Crippen LogP contribution in [0.5, 0.6) is 0 Å². The molecule has 1 saturated heterocycles. The lowest BCUT2D eigenvalue weighted by Gasteiger charge is -2.26. The fourth-order valence-corrected chi connectivity index (χ4v) is 4.05. The molecule has 3 rings (SSSR count). The molecule has 2 N–H and O–H groups in total. The quantitative estimate of drug-likeness (QED) is 0.894. The van der Waals surface area contributed by atoms with Crippen molar-refractivity contribution in [2.24, 2.45) is 0 Å². The first kappa shape index (κ1) is 14.3. The molecule has 3 atom stereocenters. The highest BCUT2D eigenvalue weighted by molar-refractivity contribution is 7.10. The molecule has 21 heavy (non-hydrogen) atoms. The fraction of sp³-hybridized carbons (Fsp3) is 0.353. The van der Waals surface area contributed by atoms with Crippen molar-refractivity contribution in [2.45, 2.75) is 31.8 Å². The van der Waals surface area contributed by atoms with Crippen molar-refractivity contribution in [3.8, 4) is 0 Å². The van der Waals surface area contributed by atoms with Gasteiger partial charge in [0.05, 0.1) is 11.4 Å². The van der Waals surface area contributed by atoms with Gasteiger partial charge in [-0.1, -0.05) is 24.3 Å². The number of nitrogens with one attached hydrogen (secondary N) is 2. The second-order valence-electron chi connectivity index (χ2n) is 5.61. The van der Waals surface area contributed by atoms with E-state index in [9.17, 15) is 4.79 Å². The summed E-state index contributed by atoms with van der Waals surface area (Å²) in [5.41, 5.74) is 0.876. The van der Waals surface area contributed by atoms with Gasteiger partial charge >= 0.3 is 0 Å². The second kappa shape index (κ2) is 6.41. The van der Waals surface area contributed by atoms with E-state index in [1.165, 1.54) is 22.6 Å². The highest BCUT2D eigenvalue weighted by Crippen LogP contribution is 2.24. The second-order valence-corrected chi connectivity index (χ2v) is 6.59. The number of thiophene rings is 1. The number of hydrogen-bond donors (Lipinski definition) is 2. The summed E-state index contributed by atoms with van der Waals surface area (Å²) in [4.78, 5) is 15.3. The molecule has 1 unspecified atom stereocenters. The Balaban J connectivity index is 1.69.